The number of nitrogens with one attached hydrogen (secondary N) is 1. The van der Waals surface area contributed by atoms with E-state index in [0.29, 0.717) is 5.56 Å². The van der Waals surface area contributed by atoms with Gasteiger partial charge >= 0.3 is 0 Å². The minimum Gasteiger partial charge on any atom is -0.342 e. The Morgan fingerprint density at radius 2 is 1.79 bits per heavy atom. The van der Waals surface area contributed by atoms with Gasteiger partial charge in [-0.25, -0.2) is 5.43 Å². The second kappa shape index (κ2) is 7.92. The van der Waals surface area contributed by atoms with Crippen molar-refractivity contribution in [3.05, 3.63) is 107 Å². The Bertz CT molecular complexity index is 1140. The van der Waals surface area contributed by atoms with E-state index in [1.807, 2.05) is 55.5 Å². The average Bonchev–Trinajstić information content (AvgIpc) is 3.06. The first-order valence-electron chi connectivity index (χ1n) is 9.22. The third-order valence-corrected chi connectivity index (χ3v) is 4.67. The van der Waals surface area contributed by atoms with Crippen molar-refractivity contribution in [3.8, 4) is 0 Å². The molecule has 1 heterocycles. The predicted octanol–water partition coefficient (Wildman–Crippen LogP) is 4.76. The molecular formula is C24H21N3O. The molecule has 0 saturated carbocycles. The fraction of sp³-hybridized carbons (Fsp3) is 0.0833. The molecule has 0 aliphatic heterocycles. The maximum absolute atomic E-state index is 12.3. The lowest BCUT2D eigenvalue weighted by Gasteiger charge is -2.05. The fourth-order valence-electron chi connectivity index (χ4n) is 3.30. The lowest BCUT2D eigenvalue weighted by molar-refractivity contribution is 0.0955. The molecule has 4 nitrogen and oxygen atoms in total. The first-order valence-corrected chi connectivity index (χ1v) is 9.22. The number of hydrogen-bond donors (Lipinski definition) is 1. The van der Waals surface area contributed by atoms with Crippen LogP contribution in [0.15, 0.2) is 90.2 Å². The van der Waals surface area contributed by atoms with E-state index in [-0.39, 0.29) is 5.91 Å². The summed E-state index contributed by atoms with van der Waals surface area (Å²) >= 11 is 0. The highest BCUT2D eigenvalue weighted by atomic mass is 16.2. The molecule has 1 N–H and O–H groups in total. The number of amides is 1. The standard InChI is InChI=1S/C24H21N3O/c1-18-8-7-11-20(14-18)24(28)26-25-15-21-17-27(16-19-9-3-2-4-10-19)23-13-6-5-12-22(21)23/h2-15,17H,16H2,1H3,(H,26,28)/b25-15+. The van der Waals surface area contributed by atoms with Crippen molar-refractivity contribution in [2.75, 3.05) is 0 Å². The van der Waals surface area contributed by atoms with E-state index in [2.05, 4.69) is 45.6 Å². The van der Waals surface area contributed by atoms with E-state index in [9.17, 15) is 4.79 Å². The van der Waals surface area contributed by atoms with Crippen molar-refractivity contribution < 1.29 is 4.79 Å². The third-order valence-electron chi connectivity index (χ3n) is 4.67. The van der Waals surface area contributed by atoms with Crippen LogP contribution < -0.4 is 5.43 Å². The van der Waals surface area contributed by atoms with Crippen LogP contribution in [0.25, 0.3) is 10.9 Å². The summed E-state index contributed by atoms with van der Waals surface area (Å²) in [7, 11) is 0. The van der Waals surface area contributed by atoms with Gasteiger partial charge in [-0.1, -0.05) is 66.2 Å². The number of aromatic nitrogens is 1. The molecule has 138 valence electrons. The van der Waals surface area contributed by atoms with Crippen molar-refractivity contribution in [3.63, 3.8) is 0 Å². The van der Waals surface area contributed by atoms with Crippen molar-refractivity contribution in [2.45, 2.75) is 13.5 Å². The zero-order valence-corrected chi connectivity index (χ0v) is 15.7. The molecule has 1 amide bonds. The summed E-state index contributed by atoms with van der Waals surface area (Å²) in [6.07, 6.45) is 3.78. The molecule has 4 aromatic rings. The number of rotatable bonds is 5. The number of carbonyl (C=O) groups is 1. The molecule has 0 aliphatic carbocycles. The molecule has 4 heteroatoms. The number of para-hydroxylation sites is 1. The van der Waals surface area contributed by atoms with Gasteiger partial charge in [0.1, 0.15) is 0 Å². The summed E-state index contributed by atoms with van der Waals surface area (Å²) in [6.45, 7) is 2.74. The Balaban J connectivity index is 1.57. The second-order valence-electron chi connectivity index (χ2n) is 6.78. The highest BCUT2D eigenvalue weighted by Crippen LogP contribution is 2.21. The Labute approximate surface area is 164 Å². The highest BCUT2D eigenvalue weighted by Gasteiger charge is 2.08. The van der Waals surface area contributed by atoms with Crippen LogP contribution >= 0.6 is 0 Å². The topological polar surface area (TPSA) is 46.4 Å². The Kier molecular flexibility index (Phi) is 5.02. The number of fused-ring (bicyclic) bond motifs is 1. The normalized spacial score (nSPS) is 11.2. The molecule has 0 unspecified atom stereocenters. The Morgan fingerprint density at radius 1 is 1.00 bits per heavy atom. The van der Waals surface area contributed by atoms with Crippen LogP contribution in [-0.2, 0) is 6.54 Å². The van der Waals surface area contributed by atoms with E-state index in [0.717, 1.165) is 28.6 Å². The maximum atomic E-state index is 12.3. The number of aryl methyl sites for hydroxylation is 1. The van der Waals surface area contributed by atoms with E-state index in [4.69, 9.17) is 0 Å². The molecule has 28 heavy (non-hydrogen) atoms. The average molecular weight is 367 g/mol. The quantitative estimate of drug-likeness (QED) is 0.401. The van der Waals surface area contributed by atoms with E-state index >= 15 is 0 Å². The van der Waals surface area contributed by atoms with Crippen molar-refractivity contribution in [1.29, 1.82) is 0 Å². The molecule has 0 radical (unpaired) electrons. The number of nitrogens with zero attached hydrogens (tertiary/aromatic N) is 2. The summed E-state index contributed by atoms with van der Waals surface area (Å²) in [4.78, 5) is 12.3. The van der Waals surface area contributed by atoms with Gasteiger partial charge in [-0.15, -0.1) is 0 Å². The zero-order chi connectivity index (χ0) is 19.3. The van der Waals surface area contributed by atoms with Crippen LogP contribution in [0, 0.1) is 6.92 Å². The van der Waals surface area contributed by atoms with Gasteiger partial charge in [0.05, 0.1) is 6.21 Å². The van der Waals surface area contributed by atoms with Gasteiger partial charge in [0.15, 0.2) is 0 Å². The fourth-order valence-corrected chi connectivity index (χ4v) is 3.30. The zero-order valence-electron chi connectivity index (χ0n) is 15.7. The van der Waals surface area contributed by atoms with Crippen LogP contribution in [0.1, 0.15) is 27.0 Å². The van der Waals surface area contributed by atoms with Crippen LogP contribution in [-0.4, -0.2) is 16.7 Å². The van der Waals surface area contributed by atoms with Crippen LogP contribution in [0.3, 0.4) is 0 Å². The first-order chi connectivity index (χ1) is 13.7. The van der Waals surface area contributed by atoms with E-state index in [1.165, 1.54) is 5.56 Å². The smallest absolute Gasteiger partial charge is 0.271 e. The Morgan fingerprint density at radius 3 is 2.61 bits per heavy atom. The van der Waals surface area contributed by atoms with Gasteiger partial charge < -0.3 is 4.57 Å². The first kappa shape index (κ1) is 17.7. The summed E-state index contributed by atoms with van der Waals surface area (Å²) in [5.74, 6) is -0.215. The molecule has 1 aromatic heterocycles. The number of hydrazone groups is 1. The summed E-state index contributed by atoms with van der Waals surface area (Å²) in [5, 5.41) is 5.28. The number of carbonyl (C=O) groups excluding carboxylic acids is 1. The predicted molar refractivity (Wildman–Crippen MR) is 114 cm³/mol. The van der Waals surface area contributed by atoms with Crippen molar-refractivity contribution >= 4 is 23.0 Å². The lowest BCUT2D eigenvalue weighted by atomic mass is 10.1. The molecule has 0 fully saturated rings. The third kappa shape index (κ3) is 3.86. The molecular weight excluding hydrogens is 346 g/mol. The van der Waals surface area contributed by atoms with Gasteiger partial charge in [0.2, 0.25) is 0 Å². The van der Waals surface area contributed by atoms with Gasteiger partial charge in [-0.3, -0.25) is 4.79 Å². The second-order valence-corrected chi connectivity index (χ2v) is 6.78. The van der Waals surface area contributed by atoms with E-state index < -0.39 is 0 Å². The minimum absolute atomic E-state index is 0.215. The molecule has 0 atom stereocenters. The molecule has 4 rings (SSSR count). The summed E-state index contributed by atoms with van der Waals surface area (Å²) < 4.78 is 2.20. The van der Waals surface area contributed by atoms with Crippen LogP contribution in [0.4, 0.5) is 0 Å². The minimum atomic E-state index is -0.215. The van der Waals surface area contributed by atoms with Gasteiger partial charge in [0.25, 0.3) is 5.91 Å². The highest BCUT2D eigenvalue weighted by molar-refractivity contribution is 6.00. The number of benzene rings is 3. The molecule has 0 saturated heterocycles. The van der Waals surface area contributed by atoms with Gasteiger partial charge in [0, 0.05) is 34.8 Å². The molecule has 0 aliphatic rings. The monoisotopic (exact) mass is 367 g/mol. The van der Waals surface area contributed by atoms with E-state index in [1.54, 1.807) is 12.3 Å². The van der Waals surface area contributed by atoms with Crippen molar-refractivity contribution in [1.82, 2.24) is 9.99 Å². The molecule has 3 aromatic carbocycles. The molecule has 0 bridgehead atoms. The lowest BCUT2D eigenvalue weighted by Crippen LogP contribution is -2.17. The molecule has 0 spiro atoms. The summed E-state index contributed by atoms with van der Waals surface area (Å²) in [6, 6.07) is 26.0. The summed E-state index contributed by atoms with van der Waals surface area (Å²) in [5.41, 5.74) is 7.60. The van der Waals surface area contributed by atoms with Gasteiger partial charge in [-0.05, 0) is 30.7 Å². The van der Waals surface area contributed by atoms with Crippen LogP contribution in [0.2, 0.25) is 0 Å². The SMILES string of the molecule is Cc1cccc(C(=O)N/N=C/c2cn(Cc3ccccc3)c3ccccc23)c1. The van der Waals surface area contributed by atoms with Crippen LogP contribution in [0.5, 0.6) is 0 Å². The Hall–Kier alpha value is -3.66. The maximum Gasteiger partial charge on any atom is 0.271 e. The number of hydrogen-bond acceptors (Lipinski definition) is 2. The van der Waals surface area contributed by atoms with Crippen molar-refractivity contribution in [2.24, 2.45) is 5.10 Å². The largest absolute Gasteiger partial charge is 0.342 e. The van der Waals surface area contributed by atoms with Gasteiger partial charge in [-0.2, -0.15) is 5.10 Å².